The summed E-state index contributed by atoms with van der Waals surface area (Å²) in [5, 5.41) is 3.70. The summed E-state index contributed by atoms with van der Waals surface area (Å²) >= 11 is 3.52. The second-order valence-electron chi connectivity index (χ2n) is 3.81. The summed E-state index contributed by atoms with van der Waals surface area (Å²) in [5.74, 6) is 1.09. The van der Waals surface area contributed by atoms with E-state index in [1.165, 1.54) is 0 Å². The Labute approximate surface area is 108 Å². The van der Waals surface area contributed by atoms with Crippen molar-refractivity contribution in [1.29, 1.82) is 0 Å². The Hall–Kier alpha value is -1.49. The summed E-state index contributed by atoms with van der Waals surface area (Å²) in [4.78, 5) is 0. The van der Waals surface area contributed by atoms with E-state index >= 15 is 0 Å². The zero-order valence-electron chi connectivity index (χ0n) is 9.87. The molecule has 0 aliphatic rings. The van der Waals surface area contributed by atoms with Crippen LogP contribution in [0.3, 0.4) is 0 Å². The largest absolute Gasteiger partial charge is 0.496 e. The van der Waals surface area contributed by atoms with Gasteiger partial charge >= 0.3 is 0 Å². The third-order valence-corrected chi connectivity index (χ3v) is 3.56. The number of rotatable bonds is 2. The molecule has 0 saturated heterocycles. The number of nitrogens with two attached hydrogens (primary N) is 1. The first-order chi connectivity index (χ1) is 8.06. The Bertz CT molecular complexity index is 564. The van der Waals surface area contributed by atoms with Crippen molar-refractivity contribution in [2.75, 3.05) is 12.8 Å². The Balaban J connectivity index is 2.80. The number of halogens is 1. The molecule has 5 heteroatoms. The van der Waals surface area contributed by atoms with Crippen LogP contribution in [-0.2, 0) is 0 Å². The van der Waals surface area contributed by atoms with Gasteiger partial charge in [0.25, 0.3) is 0 Å². The van der Waals surface area contributed by atoms with E-state index in [9.17, 15) is 0 Å². The van der Waals surface area contributed by atoms with Crippen LogP contribution in [0.4, 0.5) is 5.88 Å². The molecular formula is C12H13BrN2O2. The zero-order valence-corrected chi connectivity index (χ0v) is 11.5. The molecule has 0 saturated carbocycles. The van der Waals surface area contributed by atoms with Crippen LogP contribution in [0.1, 0.15) is 11.1 Å². The number of benzene rings is 1. The summed E-state index contributed by atoms with van der Waals surface area (Å²) in [7, 11) is 1.64. The van der Waals surface area contributed by atoms with Gasteiger partial charge in [0.05, 0.1) is 18.9 Å². The van der Waals surface area contributed by atoms with E-state index < -0.39 is 0 Å². The fourth-order valence-corrected chi connectivity index (χ4v) is 2.42. The first-order valence-corrected chi connectivity index (χ1v) is 5.89. The van der Waals surface area contributed by atoms with Crippen molar-refractivity contribution in [2.45, 2.75) is 13.8 Å². The molecule has 0 amide bonds. The predicted molar refractivity (Wildman–Crippen MR) is 70.1 cm³/mol. The number of aromatic nitrogens is 1. The van der Waals surface area contributed by atoms with E-state index in [4.69, 9.17) is 15.0 Å². The van der Waals surface area contributed by atoms with Gasteiger partial charge in [0, 0.05) is 10.0 Å². The van der Waals surface area contributed by atoms with Crippen LogP contribution in [-0.4, -0.2) is 12.3 Å². The Morgan fingerprint density at radius 1 is 1.41 bits per heavy atom. The lowest BCUT2D eigenvalue weighted by Gasteiger charge is -2.14. The maximum absolute atomic E-state index is 5.77. The van der Waals surface area contributed by atoms with Crippen molar-refractivity contribution in [2.24, 2.45) is 0 Å². The van der Waals surface area contributed by atoms with Crippen LogP contribution in [0.25, 0.3) is 11.1 Å². The van der Waals surface area contributed by atoms with Gasteiger partial charge in [0.15, 0.2) is 0 Å². The van der Waals surface area contributed by atoms with Crippen LogP contribution in [0.2, 0.25) is 0 Å². The number of nitrogen functional groups attached to an aromatic ring is 1. The molecule has 0 fully saturated rings. The third kappa shape index (κ3) is 1.91. The Kier molecular flexibility index (Phi) is 3.11. The summed E-state index contributed by atoms with van der Waals surface area (Å²) in [6.45, 7) is 3.98. The quantitative estimate of drug-likeness (QED) is 0.923. The van der Waals surface area contributed by atoms with Gasteiger partial charge in [-0.25, -0.2) is 0 Å². The van der Waals surface area contributed by atoms with Crippen molar-refractivity contribution in [3.05, 3.63) is 27.9 Å². The SMILES string of the molecule is COc1c(C)cc(Br)c(C)c1-c1cnoc1N. The number of anilines is 1. The predicted octanol–water partition coefficient (Wildman–Crippen LogP) is 3.31. The topological polar surface area (TPSA) is 61.3 Å². The molecule has 0 bridgehead atoms. The third-order valence-electron chi connectivity index (χ3n) is 2.73. The molecule has 1 aromatic heterocycles. The lowest BCUT2D eigenvalue weighted by molar-refractivity contribution is 0.413. The smallest absolute Gasteiger partial charge is 0.230 e. The highest BCUT2D eigenvalue weighted by Crippen LogP contribution is 2.41. The number of hydrogen-bond acceptors (Lipinski definition) is 4. The van der Waals surface area contributed by atoms with Crippen molar-refractivity contribution in [3.8, 4) is 16.9 Å². The minimum atomic E-state index is 0.295. The molecule has 1 heterocycles. The standard InChI is InChI=1S/C12H13BrN2O2/c1-6-4-9(13)7(2)10(11(6)16-3)8-5-15-17-12(8)14/h4-5H,14H2,1-3H3. The first-order valence-electron chi connectivity index (χ1n) is 5.10. The molecular weight excluding hydrogens is 284 g/mol. The van der Waals surface area contributed by atoms with E-state index in [-0.39, 0.29) is 0 Å². The lowest BCUT2D eigenvalue weighted by Crippen LogP contribution is -1.96. The average molecular weight is 297 g/mol. The zero-order chi connectivity index (χ0) is 12.6. The van der Waals surface area contributed by atoms with Gasteiger partial charge in [0.2, 0.25) is 5.88 Å². The monoisotopic (exact) mass is 296 g/mol. The molecule has 0 spiro atoms. The number of methoxy groups -OCH3 is 1. The van der Waals surface area contributed by atoms with Crippen LogP contribution in [0.5, 0.6) is 5.75 Å². The molecule has 0 radical (unpaired) electrons. The minimum absolute atomic E-state index is 0.295. The maximum Gasteiger partial charge on any atom is 0.230 e. The fraction of sp³-hybridized carbons (Fsp3) is 0.250. The molecule has 2 rings (SSSR count). The average Bonchev–Trinajstić information content (AvgIpc) is 2.69. The fourth-order valence-electron chi connectivity index (χ4n) is 1.87. The van der Waals surface area contributed by atoms with Crippen LogP contribution >= 0.6 is 15.9 Å². The molecule has 17 heavy (non-hydrogen) atoms. The molecule has 2 aromatic rings. The van der Waals surface area contributed by atoms with E-state index in [2.05, 4.69) is 21.1 Å². The van der Waals surface area contributed by atoms with E-state index in [0.717, 1.165) is 32.5 Å². The highest BCUT2D eigenvalue weighted by Gasteiger charge is 2.19. The van der Waals surface area contributed by atoms with Crippen LogP contribution in [0, 0.1) is 13.8 Å². The second kappa shape index (κ2) is 4.41. The van der Waals surface area contributed by atoms with Crippen LogP contribution in [0.15, 0.2) is 21.3 Å². The van der Waals surface area contributed by atoms with Gasteiger partial charge in [-0.3, -0.25) is 0 Å². The normalized spacial score (nSPS) is 10.6. The van der Waals surface area contributed by atoms with Gasteiger partial charge in [-0.1, -0.05) is 21.1 Å². The summed E-state index contributed by atoms with van der Waals surface area (Å²) < 4.78 is 11.4. The Morgan fingerprint density at radius 2 is 2.12 bits per heavy atom. The molecule has 1 aromatic carbocycles. The first kappa shape index (κ1) is 12.0. The molecule has 0 aliphatic carbocycles. The molecule has 0 unspecified atom stereocenters. The molecule has 90 valence electrons. The summed E-state index contributed by atoms with van der Waals surface area (Å²) in [6, 6.07) is 2.02. The Morgan fingerprint density at radius 3 is 2.65 bits per heavy atom. The highest BCUT2D eigenvalue weighted by atomic mass is 79.9. The van der Waals surface area contributed by atoms with Gasteiger partial charge in [-0.15, -0.1) is 0 Å². The van der Waals surface area contributed by atoms with Gasteiger partial charge in [0.1, 0.15) is 5.75 Å². The second-order valence-corrected chi connectivity index (χ2v) is 4.67. The van der Waals surface area contributed by atoms with Crippen molar-refractivity contribution in [3.63, 3.8) is 0 Å². The number of aryl methyl sites for hydroxylation is 1. The van der Waals surface area contributed by atoms with E-state index in [1.807, 2.05) is 19.9 Å². The van der Waals surface area contributed by atoms with E-state index in [1.54, 1.807) is 13.3 Å². The number of ether oxygens (including phenoxy) is 1. The minimum Gasteiger partial charge on any atom is -0.496 e. The molecule has 0 atom stereocenters. The van der Waals surface area contributed by atoms with Crippen molar-refractivity contribution in [1.82, 2.24) is 5.16 Å². The summed E-state index contributed by atoms with van der Waals surface area (Å²) in [5.41, 5.74) is 9.51. The van der Waals surface area contributed by atoms with Gasteiger partial charge in [-0.05, 0) is 31.0 Å². The lowest BCUT2D eigenvalue weighted by atomic mass is 9.98. The summed E-state index contributed by atoms with van der Waals surface area (Å²) in [6.07, 6.45) is 1.60. The van der Waals surface area contributed by atoms with E-state index in [0.29, 0.717) is 5.88 Å². The van der Waals surface area contributed by atoms with Crippen molar-refractivity contribution >= 4 is 21.8 Å². The molecule has 0 aliphatic heterocycles. The van der Waals surface area contributed by atoms with Crippen LogP contribution < -0.4 is 10.5 Å². The molecule has 4 nitrogen and oxygen atoms in total. The van der Waals surface area contributed by atoms with Gasteiger partial charge < -0.3 is 15.0 Å². The maximum atomic E-state index is 5.77. The van der Waals surface area contributed by atoms with Crippen molar-refractivity contribution < 1.29 is 9.26 Å². The molecule has 2 N–H and O–H groups in total. The number of nitrogens with zero attached hydrogens (tertiary/aromatic N) is 1. The highest BCUT2D eigenvalue weighted by molar-refractivity contribution is 9.10. The number of hydrogen-bond donors (Lipinski definition) is 1. The van der Waals surface area contributed by atoms with Gasteiger partial charge in [-0.2, -0.15) is 0 Å².